The zero-order valence-corrected chi connectivity index (χ0v) is 11.9. The molecule has 0 saturated carbocycles. The van der Waals surface area contributed by atoms with Gasteiger partial charge in [-0.1, -0.05) is 18.2 Å². The van der Waals surface area contributed by atoms with Crippen LogP contribution in [0, 0.1) is 0 Å². The fourth-order valence-corrected chi connectivity index (χ4v) is 1.63. The van der Waals surface area contributed by atoms with E-state index >= 15 is 0 Å². The van der Waals surface area contributed by atoms with Crippen molar-refractivity contribution in [1.29, 1.82) is 0 Å². The van der Waals surface area contributed by atoms with Gasteiger partial charge in [0.2, 0.25) is 0 Å². The van der Waals surface area contributed by atoms with Crippen molar-refractivity contribution in [3.63, 3.8) is 0 Å². The number of hydrogen-bond donors (Lipinski definition) is 2. The molecule has 0 amide bonds. The van der Waals surface area contributed by atoms with Gasteiger partial charge in [-0.25, -0.2) is 0 Å². The van der Waals surface area contributed by atoms with Crippen molar-refractivity contribution in [3.05, 3.63) is 30.3 Å². The van der Waals surface area contributed by atoms with Gasteiger partial charge in [0.05, 0.1) is 19.3 Å². The molecule has 0 unspecified atom stereocenters. The third kappa shape index (κ3) is 8.59. The summed E-state index contributed by atoms with van der Waals surface area (Å²) in [6, 6.07) is 9.56. The molecule has 19 heavy (non-hydrogen) atoms. The number of aliphatic hydroxyl groups is 1. The Hall–Kier alpha value is -1.10. The number of aliphatic hydroxyl groups excluding tert-OH is 1. The van der Waals surface area contributed by atoms with Gasteiger partial charge in [-0.2, -0.15) is 0 Å². The van der Waals surface area contributed by atoms with Gasteiger partial charge in [0, 0.05) is 6.42 Å². The normalized spacial score (nSPS) is 12.6. The van der Waals surface area contributed by atoms with E-state index in [1.165, 1.54) is 0 Å². The first-order valence-electron chi connectivity index (χ1n) is 6.97. The first-order chi connectivity index (χ1) is 9.18. The lowest BCUT2D eigenvalue weighted by molar-refractivity contribution is -0.661. The van der Waals surface area contributed by atoms with Crippen LogP contribution in [0.15, 0.2) is 30.3 Å². The summed E-state index contributed by atoms with van der Waals surface area (Å²) in [6.45, 7) is 6.82. The minimum absolute atomic E-state index is 0.296. The van der Waals surface area contributed by atoms with Gasteiger partial charge in [0.15, 0.2) is 0 Å². The van der Waals surface area contributed by atoms with Crippen LogP contribution in [0.25, 0.3) is 0 Å². The molecule has 1 aromatic carbocycles. The SMILES string of the molecule is CC(C)OCCC[NH2+]C[C@@H](O)COc1ccccc1. The second kappa shape index (κ2) is 9.78. The Morgan fingerprint density at radius 2 is 1.95 bits per heavy atom. The maximum atomic E-state index is 9.77. The fourth-order valence-electron chi connectivity index (χ4n) is 1.63. The maximum Gasteiger partial charge on any atom is 0.137 e. The number of rotatable bonds is 10. The molecule has 0 aliphatic heterocycles. The van der Waals surface area contributed by atoms with Crippen molar-refractivity contribution >= 4 is 0 Å². The van der Waals surface area contributed by atoms with E-state index < -0.39 is 6.10 Å². The predicted molar refractivity (Wildman–Crippen MR) is 75.3 cm³/mol. The van der Waals surface area contributed by atoms with Crippen LogP contribution in [0.3, 0.4) is 0 Å². The Kier molecular flexibility index (Phi) is 8.21. The van der Waals surface area contributed by atoms with Crippen LogP contribution >= 0.6 is 0 Å². The molecule has 0 aliphatic rings. The second-order valence-corrected chi connectivity index (χ2v) is 4.86. The zero-order chi connectivity index (χ0) is 13.9. The summed E-state index contributed by atoms with van der Waals surface area (Å²) in [7, 11) is 0. The molecule has 0 fully saturated rings. The van der Waals surface area contributed by atoms with Crippen molar-refractivity contribution < 1.29 is 19.9 Å². The average Bonchev–Trinajstić information content (AvgIpc) is 2.41. The highest BCUT2D eigenvalue weighted by atomic mass is 16.5. The number of quaternary nitrogens is 1. The Morgan fingerprint density at radius 3 is 2.63 bits per heavy atom. The Bertz CT molecular complexity index is 316. The molecule has 4 heteroatoms. The molecule has 108 valence electrons. The van der Waals surface area contributed by atoms with Crippen LogP contribution in [-0.4, -0.2) is 43.6 Å². The molecule has 1 aromatic rings. The van der Waals surface area contributed by atoms with Gasteiger partial charge >= 0.3 is 0 Å². The van der Waals surface area contributed by atoms with E-state index in [2.05, 4.69) is 5.32 Å². The highest BCUT2D eigenvalue weighted by Crippen LogP contribution is 2.07. The molecule has 0 bridgehead atoms. The maximum absolute atomic E-state index is 9.77. The Morgan fingerprint density at radius 1 is 1.21 bits per heavy atom. The molecule has 1 atom stereocenters. The second-order valence-electron chi connectivity index (χ2n) is 4.86. The van der Waals surface area contributed by atoms with E-state index in [1.54, 1.807) is 0 Å². The molecule has 3 N–H and O–H groups in total. The van der Waals surface area contributed by atoms with E-state index in [9.17, 15) is 5.11 Å². The summed E-state index contributed by atoms with van der Waals surface area (Å²) >= 11 is 0. The van der Waals surface area contributed by atoms with E-state index in [0.29, 0.717) is 19.3 Å². The predicted octanol–water partition coefficient (Wildman–Crippen LogP) is 0.805. The topological polar surface area (TPSA) is 55.3 Å². The van der Waals surface area contributed by atoms with Crippen LogP contribution in [0.1, 0.15) is 20.3 Å². The van der Waals surface area contributed by atoms with Crippen molar-refractivity contribution in [2.24, 2.45) is 0 Å². The van der Waals surface area contributed by atoms with Crippen molar-refractivity contribution in [2.45, 2.75) is 32.5 Å². The molecule has 1 rings (SSSR count). The van der Waals surface area contributed by atoms with E-state index in [0.717, 1.165) is 25.3 Å². The van der Waals surface area contributed by atoms with Gasteiger partial charge in [-0.3, -0.25) is 0 Å². The molecule has 0 radical (unpaired) electrons. The lowest BCUT2D eigenvalue weighted by Crippen LogP contribution is -2.86. The largest absolute Gasteiger partial charge is 0.491 e. The standard InChI is InChI=1S/C15H25NO3/c1-13(2)18-10-6-9-16-11-14(17)12-19-15-7-4-3-5-8-15/h3-5,7-8,13-14,16-17H,6,9-12H2,1-2H3/p+1/t14-/m1/s1. The Balaban J connectivity index is 1.98. The van der Waals surface area contributed by atoms with Crippen LogP contribution in [0.5, 0.6) is 5.75 Å². The average molecular weight is 268 g/mol. The summed E-state index contributed by atoms with van der Waals surface area (Å²) in [6.07, 6.45) is 0.862. The van der Waals surface area contributed by atoms with Crippen LogP contribution in [-0.2, 0) is 4.74 Å². The minimum Gasteiger partial charge on any atom is -0.491 e. The van der Waals surface area contributed by atoms with Gasteiger partial charge in [-0.15, -0.1) is 0 Å². The van der Waals surface area contributed by atoms with Gasteiger partial charge < -0.3 is 19.9 Å². The molecule has 0 saturated heterocycles. The van der Waals surface area contributed by atoms with Gasteiger partial charge in [-0.05, 0) is 26.0 Å². The number of hydrogen-bond acceptors (Lipinski definition) is 3. The summed E-state index contributed by atoms with van der Waals surface area (Å²) in [5.74, 6) is 0.798. The molecular formula is C15H26NO3+. The summed E-state index contributed by atoms with van der Waals surface area (Å²) in [4.78, 5) is 0. The van der Waals surface area contributed by atoms with Gasteiger partial charge in [0.25, 0.3) is 0 Å². The van der Waals surface area contributed by atoms with E-state index in [4.69, 9.17) is 9.47 Å². The highest BCUT2D eigenvalue weighted by molar-refractivity contribution is 5.20. The van der Waals surface area contributed by atoms with Crippen molar-refractivity contribution in [1.82, 2.24) is 0 Å². The zero-order valence-electron chi connectivity index (χ0n) is 11.9. The lowest BCUT2D eigenvalue weighted by Gasteiger charge is -2.11. The molecule has 0 aliphatic carbocycles. The van der Waals surface area contributed by atoms with Crippen molar-refractivity contribution in [2.75, 3.05) is 26.3 Å². The van der Waals surface area contributed by atoms with Crippen LogP contribution in [0.4, 0.5) is 0 Å². The minimum atomic E-state index is -0.439. The molecule has 4 nitrogen and oxygen atoms in total. The molecule has 0 aromatic heterocycles. The van der Waals surface area contributed by atoms with Crippen LogP contribution < -0.4 is 10.1 Å². The number of ether oxygens (including phenoxy) is 2. The lowest BCUT2D eigenvalue weighted by atomic mass is 10.3. The number of benzene rings is 1. The Labute approximate surface area is 115 Å². The third-order valence-electron chi connectivity index (χ3n) is 2.63. The van der Waals surface area contributed by atoms with E-state index in [-0.39, 0.29) is 0 Å². The quantitative estimate of drug-likeness (QED) is 0.617. The monoisotopic (exact) mass is 268 g/mol. The van der Waals surface area contributed by atoms with Crippen molar-refractivity contribution in [3.8, 4) is 5.75 Å². The van der Waals surface area contributed by atoms with Gasteiger partial charge in [0.1, 0.15) is 25.0 Å². The fraction of sp³-hybridized carbons (Fsp3) is 0.600. The first-order valence-corrected chi connectivity index (χ1v) is 6.97. The van der Waals surface area contributed by atoms with Crippen LogP contribution in [0.2, 0.25) is 0 Å². The third-order valence-corrected chi connectivity index (χ3v) is 2.63. The number of nitrogens with two attached hydrogens (primary N) is 1. The summed E-state index contributed by atoms with van der Waals surface area (Å²) in [5, 5.41) is 11.9. The smallest absolute Gasteiger partial charge is 0.137 e. The molecular weight excluding hydrogens is 242 g/mol. The summed E-state index contributed by atoms with van der Waals surface area (Å²) < 4.78 is 10.9. The molecule has 0 spiro atoms. The first kappa shape index (κ1) is 16.0. The highest BCUT2D eigenvalue weighted by Gasteiger charge is 2.07. The summed E-state index contributed by atoms with van der Waals surface area (Å²) in [5.41, 5.74) is 0. The van der Waals surface area contributed by atoms with E-state index in [1.807, 2.05) is 44.2 Å². The molecule has 0 heterocycles. The number of para-hydroxylation sites is 1.